The third-order valence-electron chi connectivity index (χ3n) is 9.55. The molecule has 2 heterocycles. The van der Waals surface area contributed by atoms with E-state index in [1.807, 2.05) is 24.3 Å². The normalized spacial score (nSPS) is 16.3. The third kappa shape index (κ3) is 8.03. The molecule has 8 nitrogen and oxygen atoms in total. The quantitative estimate of drug-likeness (QED) is 0.141. The van der Waals surface area contributed by atoms with Crippen LogP contribution >= 0.6 is 0 Å². The Morgan fingerprint density at radius 1 is 0.826 bits per heavy atom. The predicted molar refractivity (Wildman–Crippen MR) is 179 cm³/mol. The number of carbonyl (C=O) groups excluding carboxylic acids is 3. The van der Waals surface area contributed by atoms with Gasteiger partial charge in [-0.15, -0.1) is 0 Å². The lowest BCUT2D eigenvalue weighted by atomic mass is 9.88. The molecule has 0 bridgehead atoms. The first kappa shape index (κ1) is 32.9. The van der Waals surface area contributed by atoms with Gasteiger partial charge in [0, 0.05) is 36.9 Å². The summed E-state index contributed by atoms with van der Waals surface area (Å²) in [7, 11) is 0. The second-order valence-electron chi connectivity index (χ2n) is 12.6. The number of carbonyl (C=O) groups is 4. The monoisotopic (exact) mass is 623 g/mol. The molecule has 0 radical (unpaired) electrons. The van der Waals surface area contributed by atoms with Gasteiger partial charge in [-0.25, -0.2) is 0 Å². The number of carboxylic acid groups (broad SMARTS) is 1. The minimum Gasteiger partial charge on any atom is -0.481 e. The first-order valence-electron chi connectivity index (χ1n) is 16.7. The smallest absolute Gasteiger partial charge is 0.303 e. The first-order valence-corrected chi connectivity index (χ1v) is 16.7. The Labute approximate surface area is 271 Å². The molecule has 2 N–H and O–H groups in total. The third-order valence-corrected chi connectivity index (χ3v) is 9.55. The number of nitrogens with zero attached hydrogens (tertiary/aromatic N) is 2. The summed E-state index contributed by atoms with van der Waals surface area (Å²) in [5.74, 6) is -1.82. The van der Waals surface area contributed by atoms with Crippen molar-refractivity contribution in [3.05, 3.63) is 101 Å². The maximum atomic E-state index is 13.5. The van der Waals surface area contributed by atoms with Crippen LogP contribution in [0.3, 0.4) is 0 Å². The van der Waals surface area contributed by atoms with E-state index < -0.39 is 17.9 Å². The summed E-state index contributed by atoms with van der Waals surface area (Å²) >= 11 is 0. The van der Waals surface area contributed by atoms with Crippen molar-refractivity contribution in [1.82, 2.24) is 10.2 Å². The highest BCUT2D eigenvalue weighted by Gasteiger charge is 2.36. The van der Waals surface area contributed by atoms with Crippen LogP contribution in [-0.2, 0) is 4.79 Å². The molecule has 3 amide bonds. The second-order valence-corrected chi connectivity index (χ2v) is 12.6. The molecule has 2 aliphatic heterocycles. The number of fused-ring (bicyclic) bond motifs is 1. The molecule has 8 heteroatoms. The van der Waals surface area contributed by atoms with Crippen molar-refractivity contribution in [3.63, 3.8) is 0 Å². The number of amides is 3. The Kier molecular flexibility index (Phi) is 11.2. The van der Waals surface area contributed by atoms with E-state index in [0.29, 0.717) is 29.0 Å². The minimum absolute atomic E-state index is 0.0985. The number of aliphatic carboxylic acids is 1. The number of imide groups is 1. The molecule has 2 atom stereocenters. The lowest BCUT2D eigenvalue weighted by Gasteiger charge is -2.34. The lowest BCUT2D eigenvalue weighted by Crippen LogP contribution is -2.43. The number of rotatable bonds is 15. The summed E-state index contributed by atoms with van der Waals surface area (Å²) in [6, 6.07) is 24.6. The van der Waals surface area contributed by atoms with Gasteiger partial charge in [0.25, 0.3) is 17.7 Å². The van der Waals surface area contributed by atoms with Gasteiger partial charge < -0.3 is 15.3 Å². The van der Waals surface area contributed by atoms with Gasteiger partial charge in [-0.1, -0.05) is 75.1 Å². The van der Waals surface area contributed by atoms with E-state index in [-0.39, 0.29) is 37.1 Å². The van der Waals surface area contributed by atoms with Gasteiger partial charge in [-0.2, -0.15) is 0 Å². The molecule has 2 unspecified atom stereocenters. The fourth-order valence-corrected chi connectivity index (χ4v) is 6.90. The summed E-state index contributed by atoms with van der Waals surface area (Å²) in [6.07, 6.45) is 6.86. The average molecular weight is 624 g/mol. The van der Waals surface area contributed by atoms with Crippen LogP contribution in [0.15, 0.2) is 78.9 Å². The molecule has 0 saturated carbocycles. The zero-order chi connectivity index (χ0) is 32.5. The Morgan fingerprint density at radius 2 is 1.46 bits per heavy atom. The van der Waals surface area contributed by atoms with E-state index in [2.05, 4.69) is 47.5 Å². The minimum atomic E-state index is -0.972. The van der Waals surface area contributed by atoms with E-state index >= 15 is 0 Å². The van der Waals surface area contributed by atoms with E-state index in [1.165, 1.54) is 10.5 Å². The Morgan fingerprint density at radius 3 is 2.07 bits per heavy atom. The second kappa shape index (κ2) is 15.7. The number of hydrogen-bond donors (Lipinski definition) is 2. The molecular formula is C38H45N3O5. The van der Waals surface area contributed by atoms with Crippen molar-refractivity contribution in [1.29, 1.82) is 0 Å². The van der Waals surface area contributed by atoms with Gasteiger partial charge in [-0.05, 0) is 79.5 Å². The zero-order valence-corrected chi connectivity index (χ0v) is 26.7. The van der Waals surface area contributed by atoms with Crippen LogP contribution in [-0.4, -0.2) is 59.4 Å². The number of piperidine rings is 1. The molecular weight excluding hydrogens is 578 g/mol. The molecule has 3 aromatic rings. The molecule has 0 aromatic heterocycles. The molecule has 5 rings (SSSR count). The fraction of sp³-hybridized carbons (Fsp3) is 0.421. The number of benzene rings is 3. The number of hydrogen-bond acceptors (Lipinski definition) is 5. The molecule has 1 saturated heterocycles. The van der Waals surface area contributed by atoms with Gasteiger partial charge in [0.05, 0.1) is 17.5 Å². The Hall–Kier alpha value is -4.46. The SMILES string of the molecule is CCCCCCC(NC(=O)c1ccc(N2CCC(c3ccccc3)CC2)cc1)C(CCN1C(=O)c2ccccc2C1=O)CC(=O)O. The molecule has 46 heavy (non-hydrogen) atoms. The molecule has 1 fully saturated rings. The van der Waals surface area contributed by atoms with Crippen molar-refractivity contribution in [3.8, 4) is 0 Å². The van der Waals surface area contributed by atoms with Crippen molar-refractivity contribution in [2.24, 2.45) is 5.92 Å². The van der Waals surface area contributed by atoms with Crippen LogP contribution in [0.2, 0.25) is 0 Å². The molecule has 3 aromatic carbocycles. The fourth-order valence-electron chi connectivity index (χ4n) is 6.90. The van der Waals surface area contributed by atoms with Gasteiger partial charge in [-0.3, -0.25) is 24.1 Å². The number of nitrogens with one attached hydrogen (secondary N) is 1. The van der Waals surface area contributed by atoms with Crippen LogP contribution in [0.5, 0.6) is 0 Å². The van der Waals surface area contributed by atoms with E-state index in [0.717, 1.165) is 57.3 Å². The molecule has 2 aliphatic rings. The predicted octanol–water partition coefficient (Wildman–Crippen LogP) is 6.92. The van der Waals surface area contributed by atoms with Gasteiger partial charge in [0.15, 0.2) is 0 Å². The summed E-state index contributed by atoms with van der Waals surface area (Å²) < 4.78 is 0. The van der Waals surface area contributed by atoms with Gasteiger partial charge in [0.1, 0.15) is 0 Å². The molecule has 0 spiro atoms. The topological polar surface area (TPSA) is 107 Å². The summed E-state index contributed by atoms with van der Waals surface area (Å²) in [5.41, 5.74) is 3.74. The Balaban J connectivity index is 1.23. The van der Waals surface area contributed by atoms with Crippen molar-refractivity contribution >= 4 is 29.4 Å². The largest absolute Gasteiger partial charge is 0.481 e. The standard InChI is InChI=1S/C38H45N3O5/c1-2-3-4-8-15-34(30(26-35(42)43)22-25-41-37(45)32-13-9-10-14-33(32)38(41)46)39-36(44)29-16-18-31(19-17-29)40-23-20-28(21-24-40)27-11-6-5-7-12-27/h5-7,9-14,16-19,28,30,34H,2-4,8,15,20-26H2,1H3,(H,39,44)(H,42,43). The van der Waals surface area contributed by atoms with Crippen LogP contribution in [0, 0.1) is 5.92 Å². The highest BCUT2D eigenvalue weighted by Crippen LogP contribution is 2.31. The van der Waals surface area contributed by atoms with E-state index in [9.17, 15) is 24.3 Å². The molecule has 242 valence electrons. The maximum Gasteiger partial charge on any atom is 0.303 e. The van der Waals surface area contributed by atoms with E-state index in [1.54, 1.807) is 24.3 Å². The number of anilines is 1. The highest BCUT2D eigenvalue weighted by atomic mass is 16.4. The average Bonchev–Trinajstić information content (AvgIpc) is 3.33. The van der Waals surface area contributed by atoms with Crippen LogP contribution in [0.1, 0.15) is 107 Å². The molecule has 0 aliphatic carbocycles. The van der Waals surface area contributed by atoms with Crippen molar-refractivity contribution in [2.45, 2.75) is 76.7 Å². The summed E-state index contributed by atoms with van der Waals surface area (Å²) in [6.45, 7) is 4.13. The first-order chi connectivity index (χ1) is 22.4. The van der Waals surface area contributed by atoms with Crippen LogP contribution in [0.25, 0.3) is 0 Å². The van der Waals surface area contributed by atoms with Crippen molar-refractivity contribution < 1.29 is 24.3 Å². The summed E-state index contributed by atoms with van der Waals surface area (Å²) in [4.78, 5) is 55.0. The maximum absolute atomic E-state index is 13.5. The van der Waals surface area contributed by atoms with Gasteiger partial charge >= 0.3 is 5.97 Å². The lowest BCUT2D eigenvalue weighted by molar-refractivity contribution is -0.138. The number of carboxylic acids is 1. The van der Waals surface area contributed by atoms with Crippen LogP contribution in [0.4, 0.5) is 5.69 Å². The highest BCUT2D eigenvalue weighted by molar-refractivity contribution is 6.21. The van der Waals surface area contributed by atoms with Gasteiger partial charge in [0.2, 0.25) is 0 Å². The van der Waals surface area contributed by atoms with E-state index in [4.69, 9.17) is 0 Å². The number of unbranched alkanes of at least 4 members (excludes halogenated alkanes) is 3. The summed E-state index contributed by atoms with van der Waals surface area (Å²) in [5, 5.41) is 13.0. The zero-order valence-electron chi connectivity index (χ0n) is 26.7. The van der Waals surface area contributed by atoms with Crippen LogP contribution < -0.4 is 10.2 Å². The van der Waals surface area contributed by atoms with Crippen molar-refractivity contribution in [2.75, 3.05) is 24.5 Å². The Bertz CT molecular complexity index is 1460.